The minimum absolute atomic E-state index is 0.716. The van der Waals surface area contributed by atoms with Gasteiger partial charge in [0.15, 0.2) is 0 Å². The number of hydrogen-bond donors (Lipinski definition) is 1. The van der Waals surface area contributed by atoms with Crippen molar-refractivity contribution in [3.05, 3.63) is 47.8 Å². The van der Waals surface area contributed by atoms with E-state index in [4.69, 9.17) is 4.74 Å². The molecular formula is C14H20N4O. The van der Waals surface area contributed by atoms with Gasteiger partial charge in [0, 0.05) is 32.1 Å². The molecule has 0 fully saturated rings. The van der Waals surface area contributed by atoms with Crippen LogP contribution in [0.1, 0.15) is 17.1 Å². The molecular weight excluding hydrogens is 240 g/mol. The standard InChI is InChI=1S/C14H20N4O/c1-12-4-3-5-13(17-12)10-18-11-16-9-14(18)8-15-6-7-19-2/h3-5,9,11,15H,6-8,10H2,1-2H3. The van der Waals surface area contributed by atoms with Gasteiger partial charge >= 0.3 is 0 Å². The van der Waals surface area contributed by atoms with Crippen LogP contribution in [0.4, 0.5) is 0 Å². The van der Waals surface area contributed by atoms with Gasteiger partial charge in [-0.15, -0.1) is 0 Å². The summed E-state index contributed by atoms with van der Waals surface area (Å²) in [6.45, 7) is 5.10. The van der Waals surface area contributed by atoms with E-state index in [0.29, 0.717) is 6.61 Å². The Labute approximate surface area is 113 Å². The third-order valence-electron chi connectivity index (χ3n) is 2.87. The average molecular weight is 260 g/mol. The smallest absolute Gasteiger partial charge is 0.0952 e. The molecule has 0 amide bonds. The molecule has 0 saturated heterocycles. The predicted molar refractivity (Wildman–Crippen MR) is 73.9 cm³/mol. The molecule has 0 aromatic carbocycles. The topological polar surface area (TPSA) is 52.0 Å². The lowest BCUT2D eigenvalue weighted by Gasteiger charge is -2.09. The summed E-state index contributed by atoms with van der Waals surface area (Å²) < 4.78 is 7.12. The van der Waals surface area contributed by atoms with Crippen LogP contribution in [0.15, 0.2) is 30.7 Å². The third-order valence-corrected chi connectivity index (χ3v) is 2.87. The second-order valence-corrected chi connectivity index (χ2v) is 4.45. The maximum atomic E-state index is 5.01. The minimum atomic E-state index is 0.716. The molecule has 0 aliphatic rings. The summed E-state index contributed by atoms with van der Waals surface area (Å²) in [5.74, 6) is 0. The highest BCUT2D eigenvalue weighted by Gasteiger charge is 2.03. The van der Waals surface area contributed by atoms with Crippen LogP contribution in [0.5, 0.6) is 0 Å². The van der Waals surface area contributed by atoms with Crippen LogP contribution >= 0.6 is 0 Å². The first-order valence-corrected chi connectivity index (χ1v) is 6.41. The van der Waals surface area contributed by atoms with E-state index in [2.05, 4.69) is 19.9 Å². The van der Waals surface area contributed by atoms with Gasteiger partial charge in [0.25, 0.3) is 0 Å². The maximum Gasteiger partial charge on any atom is 0.0952 e. The Morgan fingerprint density at radius 3 is 3.05 bits per heavy atom. The second-order valence-electron chi connectivity index (χ2n) is 4.45. The van der Waals surface area contributed by atoms with Gasteiger partial charge in [0.1, 0.15) is 0 Å². The van der Waals surface area contributed by atoms with Crippen molar-refractivity contribution in [1.82, 2.24) is 19.9 Å². The molecule has 0 aliphatic heterocycles. The molecule has 0 saturated carbocycles. The fourth-order valence-electron chi connectivity index (χ4n) is 1.89. The number of ether oxygens (including phenoxy) is 1. The normalized spacial score (nSPS) is 10.8. The van der Waals surface area contributed by atoms with Gasteiger partial charge in [0.2, 0.25) is 0 Å². The van der Waals surface area contributed by atoms with Crippen LogP contribution in [-0.2, 0) is 17.8 Å². The number of nitrogens with zero attached hydrogens (tertiary/aromatic N) is 3. The lowest BCUT2D eigenvalue weighted by atomic mass is 10.3. The Morgan fingerprint density at radius 2 is 2.26 bits per heavy atom. The number of nitrogens with one attached hydrogen (secondary N) is 1. The van der Waals surface area contributed by atoms with Crippen molar-refractivity contribution in [2.75, 3.05) is 20.3 Å². The average Bonchev–Trinajstić information content (AvgIpc) is 2.82. The van der Waals surface area contributed by atoms with Crippen molar-refractivity contribution in [3.8, 4) is 0 Å². The molecule has 2 heterocycles. The van der Waals surface area contributed by atoms with Gasteiger partial charge < -0.3 is 14.6 Å². The van der Waals surface area contributed by atoms with E-state index in [0.717, 1.165) is 36.7 Å². The molecule has 0 unspecified atom stereocenters. The zero-order valence-electron chi connectivity index (χ0n) is 11.5. The van der Waals surface area contributed by atoms with Gasteiger partial charge in [-0.2, -0.15) is 0 Å². The van der Waals surface area contributed by atoms with E-state index in [9.17, 15) is 0 Å². The molecule has 0 atom stereocenters. The zero-order valence-corrected chi connectivity index (χ0v) is 11.5. The summed E-state index contributed by atoms with van der Waals surface area (Å²) in [6.07, 6.45) is 3.73. The molecule has 5 heteroatoms. The molecule has 19 heavy (non-hydrogen) atoms. The molecule has 0 spiro atoms. The molecule has 5 nitrogen and oxygen atoms in total. The van der Waals surface area contributed by atoms with E-state index in [1.54, 1.807) is 7.11 Å². The lowest BCUT2D eigenvalue weighted by molar-refractivity contribution is 0.199. The zero-order chi connectivity index (χ0) is 13.5. The van der Waals surface area contributed by atoms with E-state index >= 15 is 0 Å². The van der Waals surface area contributed by atoms with Crippen molar-refractivity contribution < 1.29 is 4.74 Å². The molecule has 2 aromatic rings. The first-order chi connectivity index (χ1) is 9.29. The lowest BCUT2D eigenvalue weighted by Crippen LogP contribution is -2.20. The Kier molecular flexibility index (Phi) is 5.06. The van der Waals surface area contributed by atoms with Crippen molar-refractivity contribution in [2.45, 2.75) is 20.0 Å². The Balaban J connectivity index is 1.95. The minimum Gasteiger partial charge on any atom is -0.383 e. The highest BCUT2D eigenvalue weighted by molar-refractivity contribution is 5.11. The summed E-state index contributed by atoms with van der Waals surface area (Å²) in [4.78, 5) is 8.71. The van der Waals surface area contributed by atoms with Gasteiger partial charge in [-0.1, -0.05) is 6.07 Å². The van der Waals surface area contributed by atoms with E-state index < -0.39 is 0 Å². The van der Waals surface area contributed by atoms with Crippen LogP contribution < -0.4 is 5.32 Å². The van der Waals surface area contributed by atoms with Gasteiger partial charge in [-0.05, 0) is 19.1 Å². The highest BCUT2D eigenvalue weighted by Crippen LogP contribution is 2.05. The quantitative estimate of drug-likeness (QED) is 0.764. The monoisotopic (exact) mass is 260 g/mol. The molecule has 2 aromatic heterocycles. The first-order valence-electron chi connectivity index (χ1n) is 6.41. The van der Waals surface area contributed by atoms with Crippen LogP contribution in [0.2, 0.25) is 0 Å². The Hall–Kier alpha value is -1.72. The summed E-state index contributed by atoms with van der Waals surface area (Å²) in [5.41, 5.74) is 3.24. The fourth-order valence-corrected chi connectivity index (χ4v) is 1.89. The Bertz CT molecular complexity index is 510. The number of imidazole rings is 1. The fraction of sp³-hybridized carbons (Fsp3) is 0.429. The number of aryl methyl sites for hydroxylation is 1. The van der Waals surface area contributed by atoms with Crippen LogP contribution in [0.25, 0.3) is 0 Å². The van der Waals surface area contributed by atoms with Gasteiger partial charge in [-0.25, -0.2) is 4.98 Å². The van der Waals surface area contributed by atoms with Crippen molar-refractivity contribution >= 4 is 0 Å². The molecule has 102 valence electrons. The number of aromatic nitrogens is 3. The van der Waals surface area contributed by atoms with Crippen molar-refractivity contribution in [2.24, 2.45) is 0 Å². The summed E-state index contributed by atoms with van der Waals surface area (Å²) >= 11 is 0. The van der Waals surface area contributed by atoms with Crippen LogP contribution in [0, 0.1) is 6.92 Å². The number of rotatable bonds is 7. The third kappa shape index (κ3) is 4.15. The molecule has 0 bridgehead atoms. The summed E-state index contributed by atoms with van der Waals surface area (Å²) in [6, 6.07) is 6.07. The number of hydrogen-bond acceptors (Lipinski definition) is 4. The molecule has 1 N–H and O–H groups in total. The van der Waals surface area contributed by atoms with E-state index in [1.165, 1.54) is 0 Å². The van der Waals surface area contributed by atoms with E-state index in [-0.39, 0.29) is 0 Å². The van der Waals surface area contributed by atoms with Crippen LogP contribution in [0.3, 0.4) is 0 Å². The summed E-state index contributed by atoms with van der Waals surface area (Å²) in [5, 5.41) is 3.32. The number of pyridine rings is 1. The van der Waals surface area contributed by atoms with Crippen molar-refractivity contribution in [1.29, 1.82) is 0 Å². The molecule has 2 rings (SSSR count). The highest BCUT2D eigenvalue weighted by atomic mass is 16.5. The first kappa shape index (κ1) is 13.7. The molecule has 0 aliphatic carbocycles. The number of methoxy groups -OCH3 is 1. The van der Waals surface area contributed by atoms with Gasteiger partial charge in [0.05, 0.1) is 30.9 Å². The van der Waals surface area contributed by atoms with Crippen molar-refractivity contribution in [3.63, 3.8) is 0 Å². The maximum absolute atomic E-state index is 5.01. The van der Waals surface area contributed by atoms with Crippen LogP contribution in [-0.4, -0.2) is 34.8 Å². The van der Waals surface area contributed by atoms with Gasteiger partial charge in [-0.3, -0.25) is 4.98 Å². The largest absolute Gasteiger partial charge is 0.383 e. The Morgan fingerprint density at radius 1 is 1.37 bits per heavy atom. The SMILES string of the molecule is COCCNCc1cncn1Cc1cccc(C)n1. The predicted octanol–water partition coefficient (Wildman–Crippen LogP) is 1.37. The molecule has 0 radical (unpaired) electrons. The second kappa shape index (κ2) is 7.01. The summed E-state index contributed by atoms with van der Waals surface area (Å²) in [7, 11) is 1.70. The van der Waals surface area contributed by atoms with E-state index in [1.807, 2.05) is 37.6 Å².